The van der Waals surface area contributed by atoms with Crippen molar-refractivity contribution in [2.24, 2.45) is 0 Å². The Balaban J connectivity index is 1.20. The van der Waals surface area contributed by atoms with Crippen LogP contribution in [0.25, 0.3) is 0 Å². The van der Waals surface area contributed by atoms with Gasteiger partial charge in [0.25, 0.3) is 15.9 Å². The summed E-state index contributed by atoms with van der Waals surface area (Å²) in [5.74, 6) is 0.295. The van der Waals surface area contributed by atoms with Crippen molar-refractivity contribution in [2.45, 2.75) is 36.7 Å². The average Bonchev–Trinajstić information content (AvgIpc) is 2.91. The summed E-state index contributed by atoms with van der Waals surface area (Å²) in [6.07, 6.45) is 5.13. The van der Waals surface area contributed by atoms with Crippen LogP contribution in [0.3, 0.4) is 0 Å². The maximum atomic E-state index is 12.5. The van der Waals surface area contributed by atoms with Gasteiger partial charge in [-0.05, 0) is 50.4 Å². The summed E-state index contributed by atoms with van der Waals surface area (Å²) in [7, 11) is -3.70. The van der Waals surface area contributed by atoms with Gasteiger partial charge in [-0.2, -0.15) is 0 Å². The largest absolute Gasteiger partial charge is 0.473 e. The first-order valence-corrected chi connectivity index (χ1v) is 11.0. The highest BCUT2D eigenvalue weighted by atomic mass is 32.2. The van der Waals surface area contributed by atoms with Crippen LogP contribution < -0.4 is 10.1 Å². The Morgan fingerprint density at radius 1 is 1.18 bits per heavy atom. The number of nitrogens with zero attached hydrogens (tertiary/aromatic N) is 2. The fourth-order valence-corrected chi connectivity index (χ4v) is 5.23. The molecule has 0 saturated carbocycles. The van der Waals surface area contributed by atoms with Gasteiger partial charge in [-0.25, -0.2) is 17.7 Å². The molecule has 0 radical (unpaired) electrons. The van der Waals surface area contributed by atoms with E-state index in [1.807, 2.05) is 12.1 Å². The summed E-state index contributed by atoms with van der Waals surface area (Å²) in [4.78, 5) is 16.7. The van der Waals surface area contributed by atoms with Crippen LogP contribution in [-0.2, 0) is 16.4 Å². The number of carbonyl (C=O) groups excluding carboxylic acids is 1. The zero-order chi connectivity index (χ0) is 19.6. The van der Waals surface area contributed by atoms with Crippen LogP contribution in [0, 0.1) is 0 Å². The highest BCUT2D eigenvalue weighted by molar-refractivity contribution is 7.90. The summed E-state index contributed by atoms with van der Waals surface area (Å²) >= 11 is 0. The number of nitrogens with one attached hydrogen (secondary N) is 1. The molecule has 1 unspecified atom stereocenters. The Hall–Kier alpha value is -2.45. The first-order valence-electron chi connectivity index (χ1n) is 9.55. The number of aryl methyl sites for hydroxylation is 1. The Kier molecular flexibility index (Phi) is 5.32. The highest BCUT2D eigenvalue weighted by Crippen LogP contribution is 2.30. The van der Waals surface area contributed by atoms with Crippen molar-refractivity contribution < 1.29 is 17.9 Å². The molecule has 1 atom stereocenters. The lowest BCUT2D eigenvalue weighted by Gasteiger charge is -2.25. The molecule has 0 bridgehead atoms. The molecule has 7 nitrogen and oxygen atoms in total. The van der Waals surface area contributed by atoms with Crippen molar-refractivity contribution in [3.05, 3.63) is 53.7 Å². The maximum Gasteiger partial charge on any atom is 0.269 e. The van der Waals surface area contributed by atoms with Gasteiger partial charge in [0, 0.05) is 24.8 Å². The molecule has 0 fully saturated rings. The third-order valence-electron chi connectivity index (χ3n) is 5.11. The summed E-state index contributed by atoms with van der Waals surface area (Å²) in [6, 6.07) is 10.3. The molecule has 2 aliphatic heterocycles. The number of hydrogen-bond acceptors (Lipinski definition) is 6. The van der Waals surface area contributed by atoms with E-state index < -0.39 is 15.9 Å². The first kappa shape index (κ1) is 18.9. The van der Waals surface area contributed by atoms with Crippen LogP contribution in [-0.4, -0.2) is 49.4 Å². The number of rotatable bonds is 7. The van der Waals surface area contributed by atoms with Crippen LogP contribution in [0.1, 0.15) is 35.2 Å². The molecule has 28 heavy (non-hydrogen) atoms. The molecular weight excluding hydrogens is 378 g/mol. The van der Waals surface area contributed by atoms with Gasteiger partial charge in [0.2, 0.25) is 5.88 Å². The zero-order valence-electron chi connectivity index (χ0n) is 15.5. The summed E-state index contributed by atoms with van der Waals surface area (Å²) < 4.78 is 31.9. The van der Waals surface area contributed by atoms with Gasteiger partial charge in [-0.1, -0.05) is 18.2 Å². The van der Waals surface area contributed by atoms with Crippen LogP contribution in [0.5, 0.6) is 5.88 Å². The third-order valence-corrected chi connectivity index (χ3v) is 6.95. The van der Waals surface area contributed by atoms with E-state index in [0.717, 1.165) is 48.1 Å². The molecule has 148 valence electrons. The van der Waals surface area contributed by atoms with E-state index in [1.165, 1.54) is 6.07 Å². The predicted octanol–water partition coefficient (Wildman–Crippen LogP) is 1.99. The number of ether oxygens (including phenoxy) is 1. The van der Waals surface area contributed by atoms with Gasteiger partial charge in [0.15, 0.2) is 0 Å². The van der Waals surface area contributed by atoms with Gasteiger partial charge in [-0.3, -0.25) is 4.79 Å². The lowest BCUT2D eigenvalue weighted by atomic mass is 10.1. The minimum atomic E-state index is -3.70. The normalized spacial score (nSPS) is 19.8. The summed E-state index contributed by atoms with van der Waals surface area (Å²) in [6.45, 7) is 1.67. The molecule has 0 aliphatic carbocycles. The fourth-order valence-electron chi connectivity index (χ4n) is 3.62. The van der Waals surface area contributed by atoms with E-state index in [4.69, 9.17) is 4.74 Å². The summed E-state index contributed by atoms with van der Waals surface area (Å²) in [5, 5.41) is 3.35. The molecular formula is C20H23N3O4S. The zero-order valence-corrected chi connectivity index (χ0v) is 16.3. The molecule has 1 N–H and O–H groups in total. The summed E-state index contributed by atoms with van der Waals surface area (Å²) in [5.41, 5.74) is 1.42. The van der Waals surface area contributed by atoms with Gasteiger partial charge < -0.3 is 10.1 Å². The fraction of sp³-hybridized carbons (Fsp3) is 0.400. The van der Waals surface area contributed by atoms with E-state index in [0.29, 0.717) is 6.42 Å². The monoisotopic (exact) mass is 401 g/mol. The lowest BCUT2D eigenvalue weighted by molar-refractivity contribution is 0.0869. The van der Waals surface area contributed by atoms with E-state index in [-0.39, 0.29) is 23.1 Å². The smallest absolute Gasteiger partial charge is 0.269 e. The molecule has 4 rings (SSSR count). The van der Waals surface area contributed by atoms with Gasteiger partial charge in [0.1, 0.15) is 11.0 Å². The predicted molar refractivity (Wildman–Crippen MR) is 104 cm³/mol. The van der Waals surface area contributed by atoms with Crippen molar-refractivity contribution in [1.29, 1.82) is 0 Å². The molecule has 2 aromatic rings. The number of hydrogen-bond donors (Lipinski definition) is 1. The van der Waals surface area contributed by atoms with E-state index in [1.54, 1.807) is 24.4 Å². The molecule has 0 saturated heterocycles. The quantitative estimate of drug-likeness (QED) is 0.714. The number of sulfonamides is 1. The molecule has 1 aromatic heterocycles. The van der Waals surface area contributed by atoms with Crippen LogP contribution >= 0.6 is 0 Å². The van der Waals surface area contributed by atoms with Crippen molar-refractivity contribution >= 4 is 15.9 Å². The third kappa shape index (κ3) is 3.62. The van der Waals surface area contributed by atoms with Crippen molar-refractivity contribution in [2.75, 3.05) is 19.6 Å². The molecule has 8 heteroatoms. The lowest BCUT2D eigenvalue weighted by Crippen LogP contribution is -2.35. The number of amides is 1. The number of aromatic nitrogens is 1. The Morgan fingerprint density at radius 3 is 2.89 bits per heavy atom. The van der Waals surface area contributed by atoms with Gasteiger partial charge in [0.05, 0.1) is 5.56 Å². The van der Waals surface area contributed by atoms with Gasteiger partial charge >= 0.3 is 0 Å². The molecule has 1 aromatic carbocycles. The SMILES string of the molecule is O=C1c2ccccc2S(=O)(=O)N1CCCCNCC1CCc2cccnc2O1. The van der Waals surface area contributed by atoms with Crippen molar-refractivity contribution in [3.8, 4) is 5.88 Å². The second-order valence-corrected chi connectivity index (χ2v) is 8.87. The first-order chi connectivity index (χ1) is 13.6. The van der Waals surface area contributed by atoms with Crippen LogP contribution in [0.4, 0.5) is 0 Å². The van der Waals surface area contributed by atoms with E-state index in [2.05, 4.69) is 10.3 Å². The Labute approximate surface area is 164 Å². The minimum Gasteiger partial charge on any atom is -0.473 e. The second kappa shape index (κ2) is 7.89. The number of benzene rings is 1. The maximum absolute atomic E-state index is 12.5. The Bertz CT molecular complexity index is 977. The van der Waals surface area contributed by atoms with Crippen molar-refractivity contribution in [3.63, 3.8) is 0 Å². The topological polar surface area (TPSA) is 88.6 Å². The van der Waals surface area contributed by atoms with Gasteiger partial charge in [-0.15, -0.1) is 0 Å². The van der Waals surface area contributed by atoms with Crippen molar-refractivity contribution in [1.82, 2.24) is 14.6 Å². The van der Waals surface area contributed by atoms with Crippen LogP contribution in [0.2, 0.25) is 0 Å². The molecule has 1 amide bonds. The number of pyridine rings is 1. The van der Waals surface area contributed by atoms with E-state index in [9.17, 15) is 13.2 Å². The minimum absolute atomic E-state index is 0.0948. The number of fused-ring (bicyclic) bond motifs is 2. The second-order valence-electron chi connectivity index (χ2n) is 7.04. The van der Waals surface area contributed by atoms with E-state index >= 15 is 0 Å². The molecule has 0 spiro atoms. The highest BCUT2D eigenvalue weighted by Gasteiger charge is 2.40. The van der Waals surface area contributed by atoms with Crippen LogP contribution in [0.15, 0.2) is 47.5 Å². The standard InChI is InChI=1S/C20H23N3O4S/c24-20-17-7-1-2-8-18(17)28(25,26)23(20)13-4-3-11-21-14-16-10-9-15-6-5-12-22-19(15)27-16/h1-2,5-8,12,16,21H,3-4,9-11,13-14H2. The Morgan fingerprint density at radius 2 is 2.04 bits per heavy atom. The number of carbonyl (C=O) groups is 1. The molecule has 3 heterocycles. The average molecular weight is 401 g/mol. The number of unbranched alkanes of at least 4 members (excludes halogenated alkanes) is 1. The molecule has 2 aliphatic rings.